The summed E-state index contributed by atoms with van der Waals surface area (Å²) in [5.41, 5.74) is 5.20. The van der Waals surface area contributed by atoms with Crippen molar-refractivity contribution >= 4 is 23.7 Å². The van der Waals surface area contributed by atoms with E-state index >= 15 is 0 Å². The number of amides is 1. The highest BCUT2D eigenvalue weighted by molar-refractivity contribution is 7.96. The van der Waals surface area contributed by atoms with Crippen LogP contribution in [0.3, 0.4) is 0 Å². The third-order valence-electron chi connectivity index (χ3n) is 2.07. The minimum atomic E-state index is -0.334. The van der Waals surface area contributed by atoms with Crippen LogP contribution in [0.1, 0.15) is 12.8 Å². The van der Waals surface area contributed by atoms with Gasteiger partial charge in [0, 0.05) is 6.54 Å². The van der Waals surface area contributed by atoms with Gasteiger partial charge < -0.3 is 10.6 Å². The Kier molecular flexibility index (Phi) is 3.11. The number of Topliss-reactive ketones (excluding diaryl/α,β-unsaturated/α-hetero) is 1. The second kappa shape index (κ2) is 3.91. The van der Waals surface area contributed by atoms with Crippen LogP contribution in [0.25, 0.3) is 0 Å². The molecule has 1 atom stereocenters. The first-order valence-electron chi connectivity index (χ1n) is 3.89. The Morgan fingerprint density at radius 1 is 1.58 bits per heavy atom. The number of hydrogen-bond acceptors (Lipinski definition) is 3. The molecule has 68 valence electrons. The summed E-state index contributed by atoms with van der Waals surface area (Å²) in [6, 6.07) is -0.319. The molecule has 0 radical (unpaired) electrons. The molecule has 0 spiro atoms. The number of likely N-dealkylation sites (tertiary alicyclic amines) is 1. The maximum Gasteiger partial charge on any atom is 0.279 e. The summed E-state index contributed by atoms with van der Waals surface area (Å²) in [7, 11) is 0. The van der Waals surface area contributed by atoms with Crippen LogP contribution in [0.4, 0.5) is 4.79 Å². The molecule has 1 amide bonds. The Labute approximate surface area is 76.5 Å². The van der Waals surface area contributed by atoms with Crippen molar-refractivity contribution in [2.45, 2.75) is 18.9 Å². The van der Waals surface area contributed by atoms with Gasteiger partial charge in [-0.25, -0.2) is 0 Å². The number of nitrogens with two attached hydrogens (primary N) is 1. The van der Waals surface area contributed by atoms with Gasteiger partial charge in [-0.1, -0.05) is 12.6 Å². The topological polar surface area (TPSA) is 63.4 Å². The lowest BCUT2D eigenvalue weighted by molar-refractivity contribution is -0.121. The number of rotatable bonds is 2. The molecule has 0 saturated carbocycles. The zero-order valence-electron chi connectivity index (χ0n) is 6.69. The van der Waals surface area contributed by atoms with Crippen LogP contribution in [0.5, 0.6) is 0 Å². The van der Waals surface area contributed by atoms with E-state index < -0.39 is 0 Å². The highest BCUT2D eigenvalue weighted by Crippen LogP contribution is 2.19. The van der Waals surface area contributed by atoms with Crippen molar-refractivity contribution in [1.29, 1.82) is 0 Å². The fraction of sp³-hybridized carbons (Fsp3) is 0.714. The molecule has 0 aromatic rings. The van der Waals surface area contributed by atoms with Crippen LogP contribution in [0.2, 0.25) is 0 Å². The summed E-state index contributed by atoms with van der Waals surface area (Å²) >= 11 is 3.68. The lowest BCUT2D eigenvalue weighted by atomic mass is 10.1. The van der Waals surface area contributed by atoms with Crippen LogP contribution in [-0.2, 0) is 4.79 Å². The predicted octanol–water partition coefficient (Wildman–Crippen LogP) is 0.0284. The number of thiol groups is 1. The van der Waals surface area contributed by atoms with E-state index in [0.717, 1.165) is 12.8 Å². The zero-order valence-corrected chi connectivity index (χ0v) is 7.59. The van der Waals surface area contributed by atoms with Gasteiger partial charge in [-0.2, -0.15) is 0 Å². The Hall–Kier alpha value is -0.550. The number of hydrogen-bond donors (Lipinski definition) is 2. The summed E-state index contributed by atoms with van der Waals surface area (Å²) in [6.07, 6.45) is 1.59. The van der Waals surface area contributed by atoms with Crippen molar-refractivity contribution in [3.05, 3.63) is 0 Å². The van der Waals surface area contributed by atoms with Gasteiger partial charge in [-0.3, -0.25) is 9.59 Å². The maximum atomic E-state index is 11.2. The first-order valence-corrected chi connectivity index (χ1v) is 4.34. The molecule has 5 heteroatoms. The highest BCUT2D eigenvalue weighted by atomic mass is 32.1. The van der Waals surface area contributed by atoms with Crippen LogP contribution < -0.4 is 5.73 Å². The van der Waals surface area contributed by atoms with E-state index in [1.807, 2.05) is 0 Å². The summed E-state index contributed by atoms with van der Waals surface area (Å²) < 4.78 is 0. The molecule has 2 N–H and O–H groups in total. The molecular formula is C7H12N2O2S. The number of carbonyl (C=O) groups is 2. The molecule has 1 fully saturated rings. The van der Waals surface area contributed by atoms with Crippen molar-refractivity contribution in [1.82, 2.24) is 4.90 Å². The van der Waals surface area contributed by atoms with Crippen molar-refractivity contribution in [2.75, 3.05) is 13.1 Å². The molecule has 1 rings (SSSR count). The van der Waals surface area contributed by atoms with Gasteiger partial charge in [0.15, 0.2) is 5.78 Å². The van der Waals surface area contributed by atoms with E-state index in [4.69, 9.17) is 5.73 Å². The average Bonchev–Trinajstić information content (AvgIpc) is 2.50. The molecule has 0 aromatic heterocycles. The van der Waals surface area contributed by atoms with Crippen LogP contribution >= 0.6 is 12.6 Å². The van der Waals surface area contributed by atoms with Gasteiger partial charge in [0.25, 0.3) is 5.24 Å². The third kappa shape index (κ3) is 1.78. The smallest absolute Gasteiger partial charge is 0.279 e. The Morgan fingerprint density at radius 3 is 2.75 bits per heavy atom. The van der Waals surface area contributed by atoms with Crippen molar-refractivity contribution in [3.8, 4) is 0 Å². The minimum absolute atomic E-state index is 0.00221. The molecule has 1 aliphatic heterocycles. The standard InChI is InChI=1S/C7H12N2O2S/c8-4-6(10)5-2-1-3-9(5)7(11)12/h5H,1-4,8H2,(H,11,12)/t5-/m0/s1. The molecule has 12 heavy (non-hydrogen) atoms. The fourth-order valence-corrected chi connectivity index (χ4v) is 1.71. The summed E-state index contributed by atoms with van der Waals surface area (Å²) in [5, 5.41) is -0.334. The van der Waals surface area contributed by atoms with Gasteiger partial charge >= 0.3 is 0 Å². The number of carbonyl (C=O) groups excluding carboxylic acids is 2. The molecule has 1 heterocycles. The van der Waals surface area contributed by atoms with E-state index in [9.17, 15) is 9.59 Å². The van der Waals surface area contributed by atoms with Crippen LogP contribution in [0.15, 0.2) is 0 Å². The second-order valence-electron chi connectivity index (χ2n) is 2.80. The molecule has 0 aromatic carbocycles. The van der Waals surface area contributed by atoms with Crippen molar-refractivity contribution in [2.24, 2.45) is 5.73 Å². The molecule has 4 nitrogen and oxygen atoms in total. The maximum absolute atomic E-state index is 11.2. The molecule has 0 aliphatic carbocycles. The Morgan fingerprint density at radius 2 is 2.25 bits per heavy atom. The number of ketones is 1. The second-order valence-corrected chi connectivity index (χ2v) is 3.19. The van der Waals surface area contributed by atoms with Crippen molar-refractivity contribution < 1.29 is 9.59 Å². The Bertz CT molecular complexity index is 208. The first kappa shape index (κ1) is 9.54. The van der Waals surface area contributed by atoms with Gasteiger partial charge in [0.2, 0.25) is 0 Å². The first-order chi connectivity index (χ1) is 5.66. The monoisotopic (exact) mass is 188 g/mol. The fourth-order valence-electron chi connectivity index (χ4n) is 1.47. The summed E-state index contributed by atoms with van der Waals surface area (Å²) in [4.78, 5) is 23.5. The third-order valence-corrected chi connectivity index (χ3v) is 2.33. The average molecular weight is 188 g/mol. The van der Waals surface area contributed by atoms with Gasteiger partial charge in [-0.05, 0) is 12.8 Å². The van der Waals surface area contributed by atoms with Gasteiger partial charge in [0.05, 0.1) is 12.6 Å². The summed E-state index contributed by atoms with van der Waals surface area (Å²) in [5.74, 6) is -0.0742. The molecule has 0 bridgehead atoms. The van der Waals surface area contributed by atoms with E-state index in [-0.39, 0.29) is 23.6 Å². The SMILES string of the molecule is NCC(=O)[C@@H]1CCCN1C(=O)S. The molecule has 1 aliphatic rings. The van der Waals surface area contributed by atoms with Gasteiger partial charge in [0.1, 0.15) is 0 Å². The van der Waals surface area contributed by atoms with E-state index in [1.165, 1.54) is 4.90 Å². The number of nitrogens with zero attached hydrogens (tertiary/aromatic N) is 1. The van der Waals surface area contributed by atoms with Crippen LogP contribution in [-0.4, -0.2) is 35.1 Å². The van der Waals surface area contributed by atoms with Crippen molar-refractivity contribution in [3.63, 3.8) is 0 Å². The lowest BCUT2D eigenvalue weighted by Gasteiger charge is -2.20. The zero-order chi connectivity index (χ0) is 9.14. The van der Waals surface area contributed by atoms with E-state index in [2.05, 4.69) is 12.6 Å². The molecule has 0 unspecified atom stereocenters. The largest absolute Gasteiger partial charge is 0.324 e. The normalized spacial score (nSPS) is 22.8. The molecule has 1 saturated heterocycles. The van der Waals surface area contributed by atoms with E-state index in [0.29, 0.717) is 6.54 Å². The summed E-state index contributed by atoms with van der Waals surface area (Å²) in [6.45, 7) is 0.626. The minimum Gasteiger partial charge on any atom is -0.324 e. The molecular weight excluding hydrogens is 176 g/mol. The van der Waals surface area contributed by atoms with Gasteiger partial charge in [-0.15, -0.1) is 0 Å². The quantitative estimate of drug-likeness (QED) is 0.601. The Balaban J connectivity index is 2.63. The lowest BCUT2D eigenvalue weighted by Crippen LogP contribution is -2.40. The van der Waals surface area contributed by atoms with Crippen LogP contribution in [0, 0.1) is 0 Å². The van der Waals surface area contributed by atoms with E-state index in [1.54, 1.807) is 0 Å². The highest BCUT2D eigenvalue weighted by Gasteiger charge is 2.31. The predicted molar refractivity (Wildman–Crippen MR) is 48.2 cm³/mol.